The number of hydrogen-bond donors (Lipinski definition) is 0. The molecule has 99 heavy (non-hydrogen) atoms. The number of para-hydroxylation sites is 1. The Labute approximate surface area is 581 Å². The third kappa shape index (κ3) is 11.3. The van der Waals surface area contributed by atoms with Crippen LogP contribution in [0.25, 0.3) is 74.4 Å². The normalized spacial score (nSPS) is 17.0. The molecule has 0 amide bonds. The van der Waals surface area contributed by atoms with Crippen LogP contribution in [0.4, 0.5) is 5.82 Å². The Morgan fingerprint density at radius 3 is 1.18 bits per heavy atom. The second kappa shape index (κ2) is 24.8. The summed E-state index contributed by atoms with van der Waals surface area (Å²) in [5.74, 6) is 6.04. The highest BCUT2D eigenvalue weighted by Gasteiger charge is 2.53. The van der Waals surface area contributed by atoms with Crippen LogP contribution in [0.15, 0.2) is 162 Å². The van der Waals surface area contributed by atoms with Crippen molar-refractivity contribution in [1.82, 2.24) is 44.0 Å². The maximum atomic E-state index is 6.11. The average Bonchev–Trinajstić information content (AvgIpc) is 1.59. The molecular weight excluding hydrogens is 1230 g/mol. The topological polar surface area (TPSA) is 147 Å². The van der Waals surface area contributed by atoms with Gasteiger partial charge in [-0.15, -0.1) is 0 Å². The predicted molar refractivity (Wildman–Crippen MR) is 402 cm³/mol. The molecule has 23 heteroatoms. The van der Waals surface area contributed by atoms with Crippen molar-refractivity contribution in [2.24, 2.45) is 26.6 Å². The summed E-state index contributed by atoms with van der Waals surface area (Å²) in [4.78, 5) is 31.8. The van der Waals surface area contributed by atoms with Crippen LogP contribution in [0, 0.1) is 40.0 Å². The number of rotatable bonds is 5. The van der Waals surface area contributed by atoms with Crippen LogP contribution < -0.4 is 50.4 Å². The quantitative estimate of drug-likeness (QED) is 0.119. The summed E-state index contributed by atoms with van der Waals surface area (Å²) in [5, 5.41) is 7.02. The zero-order chi connectivity index (χ0) is 70.2. The van der Waals surface area contributed by atoms with E-state index < -0.39 is 0 Å². The number of aryl methyl sites for hydroxylation is 6. The molecule has 1 atom stereocenters. The third-order valence-electron chi connectivity index (χ3n) is 21.1. The van der Waals surface area contributed by atoms with Crippen molar-refractivity contribution in [3.63, 3.8) is 0 Å². The van der Waals surface area contributed by atoms with E-state index in [9.17, 15) is 0 Å². The number of fused-ring (bicyclic) bond motifs is 12. The number of benzene rings is 1. The molecule has 5 aliphatic rings. The lowest BCUT2D eigenvalue weighted by Crippen LogP contribution is -2.62. The van der Waals surface area contributed by atoms with E-state index >= 15 is 0 Å². The average molecular weight is 1320 g/mol. The highest BCUT2D eigenvalue weighted by Crippen LogP contribution is 2.48. The van der Waals surface area contributed by atoms with Crippen molar-refractivity contribution >= 4 is 124 Å². The summed E-state index contributed by atoms with van der Waals surface area (Å²) < 4.78 is 32.8. The van der Waals surface area contributed by atoms with Crippen molar-refractivity contribution < 1.29 is 31.6 Å². The lowest BCUT2D eigenvalue weighted by Gasteiger charge is -2.49. The highest BCUT2D eigenvalue weighted by atomic mass is 16.4. The lowest BCUT2D eigenvalue weighted by molar-refractivity contribution is -0.751. The van der Waals surface area contributed by atoms with Crippen molar-refractivity contribution in [3.8, 4) is 5.69 Å². The molecule has 16 heterocycles. The second-order valence-electron chi connectivity index (χ2n) is 29.1. The van der Waals surface area contributed by atoms with Gasteiger partial charge in [-0.2, -0.15) is 9.36 Å². The zero-order valence-corrected chi connectivity index (χ0v) is 61.3. The predicted octanol–water partition coefficient (Wildman–Crippen LogP) is 11.4. The van der Waals surface area contributed by atoms with Crippen LogP contribution in [0.3, 0.4) is 0 Å². The molecule has 0 saturated carbocycles. The lowest BCUT2D eigenvalue weighted by atomic mass is 9.54. The first-order valence-electron chi connectivity index (χ1n) is 34.6. The maximum absolute atomic E-state index is 6.11. The number of furan rings is 4. The fourth-order valence-corrected chi connectivity index (χ4v) is 16.4. The van der Waals surface area contributed by atoms with Crippen molar-refractivity contribution in [2.75, 3.05) is 14.7 Å². The van der Waals surface area contributed by atoms with Gasteiger partial charge in [-0.1, -0.05) is 48.5 Å². The van der Waals surface area contributed by atoms with E-state index in [4.69, 9.17) is 17.7 Å². The first-order valence-corrected chi connectivity index (χ1v) is 34.6. The summed E-state index contributed by atoms with van der Waals surface area (Å²) in [7, 11) is 6.19. The van der Waals surface area contributed by atoms with E-state index in [1.54, 1.807) is 0 Å². The van der Waals surface area contributed by atoms with Crippen LogP contribution in [0.5, 0.6) is 0 Å². The maximum Gasteiger partial charge on any atom is 0.437 e. The Morgan fingerprint density at radius 1 is 0.455 bits per heavy atom. The Hall–Kier alpha value is -10.0. The fraction of sp³-hybridized carbons (Fsp3) is 0.329. The van der Waals surface area contributed by atoms with Gasteiger partial charge >= 0.3 is 27.4 Å². The molecule has 0 spiro atoms. The van der Waals surface area contributed by atoms with E-state index in [2.05, 4.69) is 280 Å². The molecule has 0 radical (unpaired) electrons. The number of imidazole rings is 1. The number of hydrazine groups is 1. The Morgan fingerprint density at radius 2 is 0.818 bits per heavy atom. The van der Waals surface area contributed by atoms with Crippen molar-refractivity contribution in [2.45, 2.75) is 142 Å². The monoisotopic (exact) mass is 1320 g/mol. The van der Waals surface area contributed by atoms with Gasteiger partial charge in [0.1, 0.15) is 72.8 Å². The van der Waals surface area contributed by atoms with Crippen molar-refractivity contribution in [3.05, 3.63) is 196 Å². The molecule has 17 rings (SSSR count). The minimum atomic E-state index is 0.109. The first kappa shape index (κ1) is 66.2. The van der Waals surface area contributed by atoms with Crippen LogP contribution >= 0.6 is 0 Å². The summed E-state index contributed by atoms with van der Waals surface area (Å²) in [6, 6.07) is 31.7. The van der Waals surface area contributed by atoms with Gasteiger partial charge in [-0.25, -0.2) is 43.9 Å². The molecule has 0 N–H and O–H groups in total. The van der Waals surface area contributed by atoms with Crippen LogP contribution in [-0.2, 0) is 21.1 Å². The van der Waals surface area contributed by atoms with Crippen LogP contribution in [0.1, 0.15) is 120 Å². The molecular formula is C76H90B4N15O4+3. The molecule has 1 saturated heterocycles. The first-order chi connectivity index (χ1) is 47.1. The summed E-state index contributed by atoms with van der Waals surface area (Å²) in [6.07, 6.45) is 20.1. The van der Waals surface area contributed by atoms with E-state index in [1.807, 2.05) is 84.5 Å². The smallest absolute Gasteiger partial charge is 0.437 e. The zero-order valence-electron chi connectivity index (χ0n) is 61.3. The second-order valence-corrected chi connectivity index (χ2v) is 29.1. The number of pyridine rings is 4. The van der Waals surface area contributed by atoms with Gasteiger partial charge in [-0.05, 0) is 175 Å². The number of hydrogen-bond acceptors (Lipinski definition) is 13. The van der Waals surface area contributed by atoms with E-state index in [0.29, 0.717) is 6.04 Å². The molecule has 1 aromatic carbocycles. The number of anilines is 1. The minimum absolute atomic E-state index is 0.109. The Kier molecular flexibility index (Phi) is 16.6. The molecule has 1 unspecified atom stereocenters. The van der Waals surface area contributed by atoms with Gasteiger partial charge in [0.15, 0.2) is 0 Å². The molecule has 19 nitrogen and oxygen atoms in total. The van der Waals surface area contributed by atoms with E-state index in [1.165, 1.54) is 39.8 Å². The molecule has 5 aliphatic heterocycles. The summed E-state index contributed by atoms with van der Waals surface area (Å²) in [5.41, 5.74) is 17.9. The SMILES string of the molecule is CB1c2c(oc3nc(C)ccc23)C=C(C)N1N1C(C)C(C)(C)CC1(C)C.CB1c2c(oc3nc(C)ccc23)C=C(C)N1c1cn(-c2ccccc2)c(C)[n+]1C.CB1c2c(oc3nc(C)ccc23)C=C(C)N1n1ccc[n+]1C.CB1c2c(oc3nc(C)ccc23)C=C(C)N1n1ccc[n+]1C. The standard InChI is InChI=1S/C23H24BN4O.C21H30BN3O.2C16H18BN4O/c1-15-11-12-19-22-20(29-23(19)25-15)13-16(2)28(24(22)4)21-14-27(17(3)26(21)5)18-9-7-6-8-10-18;1-13-9-10-16-18-17(26-19(16)23-13)11-14(2)25(22(18)8)24-15(3)20(4,5)12-21(24,6)7;2*1-11-6-7-13-15-14(22-16(13)18-11)10-12(2)21(17(15)3)20-9-5-8-19(20)4/h6-14H,1-5H3;9-11,15H,12H2,1-8H3;2*5-10H,1-4H3/q+1;;2*+1. The van der Waals surface area contributed by atoms with Gasteiger partial charge in [-0.3, -0.25) is 0 Å². The van der Waals surface area contributed by atoms with E-state index in [-0.39, 0.29) is 38.3 Å². The Balaban J connectivity index is 0.000000113. The van der Waals surface area contributed by atoms with Gasteiger partial charge in [0.05, 0.1) is 25.1 Å². The van der Waals surface area contributed by atoms with Gasteiger partial charge in [0.25, 0.3) is 0 Å². The highest BCUT2D eigenvalue weighted by molar-refractivity contribution is 6.80. The molecule has 0 bridgehead atoms. The third-order valence-corrected chi connectivity index (χ3v) is 21.1. The summed E-state index contributed by atoms with van der Waals surface area (Å²) >= 11 is 0. The number of nitrogens with zero attached hydrogens (tertiary/aromatic N) is 15. The molecule has 12 aromatic rings. The van der Waals surface area contributed by atoms with Gasteiger partial charge in [0.2, 0.25) is 34.5 Å². The molecule has 0 aliphatic carbocycles. The summed E-state index contributed by atoms with van der Waals surface area (Å²) in [6.45, 7) is 40.1. The fourth-order valence-electron chi connectivity index (χ4n) is 16.4. The molecule has 11 aromatic heterocycles. The number of allylic oxidation sites excluding steroid dienone is 4. The van der Waals surface area contributed by atoms with Gasteiger partial charge in [0, 0.05) is 121 Å². The number of aromatic nitrogens is 10. The largest absolute Gasteiger partial charge is 0.439 e. The minimum Gasteiger partial charge on any atom is -0.439 e. The molecule has 502 valence electrons. The van der Waals surface area contributed by atoms with E-state index in [0.717, 1.165) is 119 Å². The molecule has 1 fully saturated rings. The van der Waals surface area contributed by atoms with Crippen LogP contribution in [0.2, 0.25) is 27.3 Å². The Bertz CT molecular complexity index is 5140. The van der Waals surface area contributed by atoms with Gasteiger partial charge < -0.3 is 27.4 Å². The van der Waals surface area contributed by atoms with Crippen molar-refractivity contribution in [1.29, 1.82) is 0 Å². The van der Waals surface area contributed by atoms with Crippen LogP contribution in [-0.4, -0.2) is 83.0 Å².